The molecule has 0 aliphatic carbocycles. The zero-order valence-corrected chi connectivity index (χ0v) is 15.2. The van der Waals surface area contributed by atoms with E-state index in [0.717, 1.165) is 0 Å². The van der Waals surface area contributed by atoms with Gasteiger partial charge in [0.25, 0.3) is 0 Å². The fraction of sp³-hybridized carbons (Fsp3) is 0.643. The molecule has 138 valence electrons. The van der Waals surface area contributed by atoms with E-state index in [1.807, 2.05) is 0 Å². The zero-order chi connectivity index (χ0) is 18.7. The van der Waals surface area contributed by atoms with Crippen molar-refractivity contribution in [2.75, 3.05) is 6.61 Å². The molecule has 2 atom stereocenters. The highest BCUT2D eigenvalue weighted by molar-refractivity contribution is 7.84. The van der Waals surface area contributed by atoms with Crippen molar-refractivity contribution in [3.63, 3.8) is 0 Å². The molecule has 0 radical (unpaired) electrons. The summed E-state index contributed by atoms with van der Waals surface area (Å²) in [5.74, 6) is -4.66. The molecule has 0 spiro atoms. The molecular weight excluding hydrogens is 372 g/mol. The summed E-state index contributed by atoms with van der Waals surface area (Å²) in [7, 11) is -1.33. The van der Waals surface area contributed by atoms with Crippen molar-refractivity contribution in [3.05, 3.63) is 22.8 Å². The first kappa shape index (κ1) is 21.1. The summed E-state index contributed by atoms with van der Waals surface area (Å²) < 4.78 is 68.9. The number of hydrogen-bond donors (Lipinski definition) is 1. The molecule has 4 nitrogen and oxygen atoms in total. The lowest BCUT2D eigenvalue weighted by molar-refractivity contribution is -0.148. The van der Waals surface area contributed by atoms with Crippen LogP contribution in [0.25, 0.3) is 0 Å². The standard InChI is InChI=1S/C14H19ClF4N2O2S/c1-8(21-24(22)13(2,3)4)9-5-10(15)11(20-6-9)23-7-14(18,19)12(16)17/h5-6,8,12,21H,7H2,1-4H3/t8-,24?/m1/s1. The SMILES string of the molecule is C[C@@H](NS(=O)C(C)(C)C)c1cnc(OCC(F)(F)C(F)F)c(Cl)c1. The number of nitrogens with zero attached hydrogens (tertiary/aromatic N) is 1. The van der Waals surface area contributed by atoms with Crippen LogP contribution in [-0.2, 0) is 11.0 Å². The molecule has 1 aromatic rings. The molecule has 1 N–H and O–H groups in total. The maximum absolute atomic E-state index is 12.8. The van der Waals surface area contributed by atoms with Crippen molar-refractivity contribution in [2.24, 2.45) is 0 Å². The molecule has 1 rings (SSSR count). The van der Waals surface area contributed by atoms with Gasteiger partial charge in [0.1, 0.15) is 5.02 Å². The van der Waals surface area contributed by atoms with Gasteiger partial charge in [0.15, 0.2) is 6.61 Å². The minimum Gasteiger partial charge on any atom is -0.470 e. The Balaban J connectivity index is 2.79. The number of aromatic nitrogens is 1. The van der Waals surface area contributed by atoms with Crippen molar-refractivity contribution in [1.29, 1.82) is 0 Å². The van der Waals surface area contributed by atoms with Crippen LogP contribution < -0.4 is 9.46 Å². The average Bonchev–Trinajstić information content (AvgIpc) is 2.44. The number of ether oxygens (including phenoxy) is 1. The van der Waals surface area contributed by atoms with Gasteiger partial charge in [-0.2, -0.15) is 8.78 Å². The monoisotopic (exact) mass is 390 g/mol. The Hall–Kier alpha value is -0.930. The Kier molecular flexibility index (Phi) is 7.01. The van der Waals surface area contributed by atoms with Crippen LogP contribution in [0.3, 0.4) is 0 Å². The van der Waals surface area contributed by atoms with E-state index in [-0.39, 0.29) is 16.9 Å². The van der Waals surface area contributed by atoms with Crippen LogP contribution in [0.5, 0.6) is 5.88 Å². The number of hydrogen-bond acceptors (Lipinski definition) is 3. The number of rotatable bonds is 7. The Morgan fingerprint density at radius 3 is 2.42 bits per heavy atom. The van der Waals surface area contributed by atoms with Crippen LogP contribution in [0.1, 0.15) is 39.3 Å². The second kappa shape index (κ2) is 7.97. The van der Waals surface area contributed by atoms with E-state index in [2.05, 4.69) is 14.4 Å². The van der Waals surface area contributed by atoms with E-state index in [1.54, 1.807) is 27.7 Å². The van der Waals surface area contributed by atoms with Gasteiger partial charge in [0, 0.05) is 12.2 Å². The van der Waals surface area contributed by atoms with Gasteiger partial charge in [-0.3, -0.25) is 0 Å². The first-order valence-corrected chi connectivity index (χ1v) is 8.49. The van der Waals surface area contributed by atoms with Crippen molar-refractivity contribution in [1.82, 2.24) is 9.71 Å². The minimum atomic E-state index is -4.29. The second-order valence-corrected chi connectivity index (χ2v) is 8.53. The maximum Gasteiger partial charge on any atom is 0.340 e. The Bertz CT molecular complexity index is 597. The summed E-state index contributed by atoms with van der Waals surface area (Å²) in [6.07, 6.45) is -2.55. The van der Waals surface area contributed by atoms with Gasteiger partial charge < -0.3 is 4.74 Å². The lowest BCUT2D eigenvalue weighted by Crippen LogP contribution is -2.35. The van der Waals surface area contributed by atoms with Gasteiger partial charge in [0.2, 0.25) is 5.88 Å². The Labute approximate surface area is 145 Å². The van der Waals surface area contributed by atoms with Crippen molar-refractivity contribution in [3.8, 4) is 5.88 Å². The molecule has 1 unspecified atom stereocenters. The molecule has 0 aliphatic rings. The smallest absolute Gasteiger partial charge is 0.340 e. The highest BCUT2D eigenvalue weighted by atomic mass is 35.5. The van der Waals surface area contributed by atoms with Gasteiger partial charge in [0.05, 0.1) is 15.7 Å². The molecule has 0 aliphatic heterocycles. The maximum atomic E-state index is 12.8. The molecule has 0 aromatic carbocycles. The Morgan fingerprint density at radius 1 is 1.38 bits per heavy atom. The van der Waals surface area contributed by atoms with Crippen LogP contribution in [0.15, 0.2) is 12.3 Å². The van der Waals surface area contributed by atoms with Gasteiger partial charge in [-0.25, -0.2) is 22.7 Å². The number of alkyl halides is 4. The summed E-state index contributed by atoms with van der Waals surface area (Å²) in [6.45, 7) is 5.59. The quantitative estimate of drug-likeness (QED) is 0.712. The first-order valence-electron chi connectivity index (χ1n) is 6.97. The highest BCUT2D eigenvalue weighted by Crippen LogP contribution is 2.29. The fourth-order valence-electron chi connectivity index (χ4n) is 1.42. The molecule has 0 saturated carbocycles. The molecule has 0 bridgehead atoms. The van der Waals surface area contributed by atoms with Crippen molar-refractivity contribution >= 4 is 22.6 Å². The summed E-state index contributed by atoms with van der Waals surface area (Å²) in [6, 6.07) is 1.01. The highest BCUT2D eigenvalue weighted by Gasteiger charge is 2.42. The predicted molar refractivity (Wildman–Crippen MR) is 85.1 cm³/mol. The topological polar surface area (TPSA) is 51.2 Å². The van der Waals surface area contributed by atoms with Crippen molar-refractivity contribution < 1.29 is 26.5 Å². The number of nitrogens with one attached hydrogen (secondary N) is 1. The number of pyridine rings is 1. The van der Waals surface area contributed by atoms with Gasteiger partial charge in [-0.15, -0.1) is 0 Å². The summed E-state index contributed by atoms with van der Waals surface area (Å²) in [5.41, 5.74) is 0.547. The minimum absolute atomic E-state index is 0.104. The molecule has 1 aromatic heterocycles. The molecule has 1 heterocycles. The van der Waals surface area contributed by atoms with Crippen LogP contribution in [0.2, 0.25) is 5.02 Å². The Morgan fingerprint density at radius 2 is 1.96 bits per heavy atom. The third kappa shape index (κ3) is 5.86. The lowest BCUT2D eigenvalue weighted by atomic mass is 10.2. The lowest BCUT2D eigenvalue weighted by Gasteiger charge is -2.22. The molecule has 24 heavy (non-hydrogen) atoms. The second-order valence-electron chi connectivity index (χ2n) is 6.13. The molecule has 0 saturated heterocycles. The van der Waals surface area contributed by atoms with Crippen molar-refractivity contribution in [2.45, 2.75) is 50.8 Å². The average molecular weight is 391 g/mol. The van der Waals surface area contributed by atoms with Crippen LogP contribution in [0, 0.1) is 0 Å². The van der Waals surface area contributed by atoms with E-state index in [0.29, 0.717) is 5.56 Å². The molecular formula is C14H19ClF4N2O2S. The van der Waals surface area contributed by atoms with E-state index in [9.17, 15) is 21.8 Å². The van der Waals surface area contributed by atoms with Crippen LogP contribution in [0.4, 0.5) is 17.6 Å². The van der Waals surface area contributed by atoms with E-state index in [4.69, 9.17) is 11.6 Å². The van der Waals surface area contributed by atoms with Crippen LogP contribution in [-0.4, -0.2) is 32.9 Å². The van der Waals surface area contributed by atoms with E-state index < -0.39 is 34.7 Å². The van der Waals surface area contributed by atoms with Gasteiger partial charge in [-0.1, -0.05) is 11.6 Å². The summed E-state index contributed by atoms with van der Waals surface area (Å²) >= 11 is 5.88. The zero-order valence-electron chi connectivity index (χ0n) is 13.6. The summed E-state index contributed by atoms with van der Waals surface area (Å²) in [4.78, 5) is 3.76. The van der Waals surface area contributed by atoms with E-state index in [1.165, 1.54) is 12.3 Å². The molecule has 10 heteroatoms. The molecule has 0 fully saturated rings. The van der Waals surface area contributed by atoms with Gasteiger partial charge >= 0.3 is 12.3 Å². The number of halogens is 5. The largest absolute Gasteiger partial charge is 0.470 e. The van der Waals surface area contributed by atoms with Gasteiger partial charge in [-0.05, 0) is 39.3 Å². The third-order valence-corrected chi connectivity index (χ3v) is 4.84. The third-order valence-electron chi connectivity index (χ3n) is 2.89. The van der Waals surface area contributed by atoms with E-state index >= 15 is 0 Å². The van der Waals surface area contributed by atoms with Crippen LogP contribution >= 0.6 is 11.6 Å². The molecule has 0 amide bonds. The first-order chi connectivity index (χ1) is 10.8. The fourth-order valence-corrected chi connectivity index (χ4v) is 2.46. The normalized spacial score (nSPS) is 15.4. The summed E-state index contributed by atoms with van der Waals surface area (Å²) in [5, 5.41) is -0.104. The predicted octanol–water partition coefficient (Wildman–Crippen LogP) is 4.13.